The van der Waals surface area contributed by atoms with Gasteiger partial charge in [-0.1, -0.05) is 19.9 Å². The van der Waals surface area contributed by atoms with E-state index in [1.807, 2.05) is 26.1 Å². The molecule has 1 rings (SSSR count). The summed E-state index contributed by atoms with van der Waals surface area (Å²) in [6.07, 6.45) is 3.82. The number of hydrogen-bond donors (Lipinski definition) is 1. The Morgan fingerprint density at radius 3 is 2.67 bits per heavy atom. The predicted octanol–water partition coefficient (Wildman–Crippen LogP) is 1.07. The van der Waals surface area contributed by atoms with Crippen molar-refractivity contribution in [2.75, 3.05) is 0 Å². The standard InChI is InChI=1S/C6H9N2.Lr/c1-5-3-4-7-6(2)8-5;/h3-4H,1-2H3,(H,7,8);/q-1;. The molecular weight excluding hydrogens is 362 g/mol. The van der Waals surface area contributed by atoms with Gasteiger partial charge in [0, 0.05) is 0 Å². The van der Waals surface area contributed by atoms with E-state index in [1.54, 1.807) is 0 Å². The fourth-order valence-electron chi connectivity index (χ4n) is 0.617. The molecule has 0 aromatic heterocycles. The number of nitrogens with one attached hydrogen (secondary N) is 1. The van der Waals surface area contributed by atoms with Gasteiger partial charge in [-0.3, -0.25) is 0 Å². The van der Waals surface area contributed by atoms with E-state index in [9.17, 15) is 0 Å². The minimum absolute atomic E-state index is 0. The van der Waals surface area contributed by atoms with Crippen LogP contribution in [0.3, 0.4) is 0 Å². The van der Waals surface area contributed by atoms with Crippen molar-refractivity contribution in [3.8, 4) is 0 Å². The molecule has 2 nitrogen and oxygen atoms in total. The summed E-state index contributed by atoms with van der Waals surface area (Å²) in [5.41, 5.74) is 0. The zero-order chi connectivity index (χ0) is 5.98. The van der Waals surface area contributed by atoms with Crippen molar-refractivity contribution >= 4 is 5.84 Å². The number of hydrogen-bond acceptors (Lipinski definition) is 2. The van der Waals surface area contributed by atoms with E-state index in [4.69, 9.17) is 0 Å². The Kier molecular flexibility index (Phi) is 1.89. The Bertz CT molecular complexity index is 140. The van der Waals surface area contributed by atoms with E-state index < -0.39 is 0 Å². The predicted molar refractivity (Wildman–Crippen MR) is 34.3 cm³/mol. The molecule has 0 bridgehead atoms. The van der Waals surface area contributed by atoms with E-state index in [0.717, 1.165) is 11.9 Å². The molecule has 0 aromatic rings. The summed E-state index contributed by atoms with van der Waals surface area (Å²) < 4.78 is 0. The van der Waals surface area contributed by atoms with Crippen molar-refractivity contribution in [3.05, 3.63) is 18.3 Å². The molecule has 0 aliphatic carbocycles. The first-order valence-electron chi connectivity index (χ1n) is 2.61. The molecule has 0 unspecified atom stereocenters. The second kappa shape index (κ2) is 2.40. The average molecular weight is 371 g/mol. The minimum atomic E-state index is 0. The quantitative estimate of drug-likeness (QED) is 0.634. The summed E-state index contributed by atoms with van der Waals surface area (Å²) >= 11 is 0. The van der Waals surface area contributed by atoms with Crippen LogP contribution in [0.25, 0.3) is 0 Å². The van der Waals surface area contributed by atoms with Gasteiger partial charge in [0.2, 0.25) is 0 Å². The molecule has 0 saturated carbocycles. The van der Waals surface area contributed by atoms with Gasteiger partial charge in [-0.25, -0.2) is 0 Å². The molecule has 1 aliphatic rings. The zero-order valence-electron chi connectivity index (χ0n) is 5.36. The Labute approximate surface area is 49.3 Å². The van der Waals surface area contributed by atoms with Crippen molar-refractivity contribution in [1.82, 2.24) is 5.32 Å². The van der Waals surface area contributed by atoms with Crippen LogP contribution in [-0.2, 0) is 0 Å². The summed E-state index contributed by atoms with van der Waals surface area (Å²) in [5.74, 6) is 0.963. The van der Waals surface area contributed by atoms with Gasteiger partial charge in [-0.15, -0.1) is 12.3 Å². The Balaban J connectivity index is 0.000000640. The summed E-state index contributed by atoms with van der Waals surface area (Å²) in [6, 6.07) is 1.06. The number of nitrogens with zero attached hydrogens (tertiary/aromatic N) is 1. The molecule has 1 heterocycles. The Morgan fingerprint density at radius 1 is 1.67 bits per heavy atom. The topological polar surface area (TPSA) is 24.4 Å². The maximum absolute atomic E-state index is 4.12. The van der Waals surface area contributed by atoms with Gasteiger partial charge in [0.25, 0.3) is 0 Å². The van der Waals surface area contributed by atoms with Gasteiger partial charge < -0.3 is 10.3 Å². The van der Waals surface area contributed by atoms with Gasteiger partial charge in [0.05, 0.1) is 0 Å². The first kappa shape index (κ1) is 7.08. The molecule has 1 N–H and O–H groups in total. The maximum Gasteiger partial charge on any atom is 0 e. The first-order valence-corrected chi connectivity index (χ1v) is 2.61. The van der Waals surface area contributed by atoms with Crippen molar-refractivity contribution in [2.24, 2.45) is 4.99 Å². The van der Waals surface area contributed by atoms with Crippen molar-refractivity contribution in [2.45, 2.75) is 13.8 Å². The fraction of sp³-hybridized carbons (Fsp3) is 0.333. The molecule has 0 atom stereocenters. The van der Waals surface area contributed by atoms with Crippen molar-refractivity contribution in [1.29, 1.82) is 0 Å². The van der Waals surface area contributed by atoms with Crippen LogP contribution >= 0.6 is 0 Å². The van der Waals surface area contributed by atoms with Crippen LogP contribution in [0.2, 0.25) is 0 Å². The van der Waals surface area contributed by atoms with Crippen LogP contribution in [0.5, 0.6) is 0 Å². The summed E-state index contributed by atoms with van der Waals surface area (Å²) in [6.45, 7) is 3.91. The SMILES string of the molecule is CC1=N[C-](C)C=CN1.[Lr]. The van der Waals surface area contributed by atoms with Gasteiger partial charge >= 0.3 is 0 Å². The monoisotopic (exact) mass is 371 g/mol. The van der Waals surface area contributed by atoms with Crippen LogP contribution in [0.4, 0.5) is 0 Å². The third-order valence-electron chi connectivity index (χ3n) is 0.961. The van der Waals surface area contributed by atoms with Crippen LogP contribution in [-0.4, -0.2) is 5.84 Å². The first-order chi connectivity index (χ1) is 3.79. The van der Waals surface area contributed by atoms with Crippen molar-refractivity contribution < 1.29 is 0 Å². The third-order valence-corrected chi connectivity index (χ3v) is 0.961. The molecular formula is C6H9LrN2-. The average Bonchev–Trinajstić information content (AvgIpc) is 1.64. The van der Waals surface area contributed by atoms with E-state index in [0.29, 0.717) is 0 Å². The van der Waals surface area contributed by atoms with Crippen molar-refractivity contribution in [3.63, 3.8) is 0 Å². The fourth-order valence-corrected chi connectivity index (χ4v) is 0.617. The molecule has 3 heteroatoms. The molecule has 0 aromatic carbocycles. The van der Waals surface area contributed by atoms with Crippen LogP contribution in [0.15, 0.2) is 17.3 Å². The molecule has 9 heavy (non-hydrogen) atoms. The van der Waals surface area contributed by atoms with E-state index in [1.165, 1.54) is 0 Å². The molecule has 0 fully saturated rings. The second-order valence-electron chi connectivity index (χ2n) is 1.82. The number of rotatable bonds is 0. The summed E-state index contributed by atoms with van der Waals surface area (Å²) in [7, 11) is 0. The number of aliphatic imine (C=N–C) groups is 1. The van der Waals surface area contributed by atoms with Gasteiger partial charge in [0.1, 0.15) is 0 Å². The molecule has 59 valence electrons. The number of amidine groups is 1. The Morgan fingerprint density at radius 2 is 2.33 bits per heavy atom. The smallest absolute Gasteiger partial charge is 0 e. The summed E-state index contributed by atoms with van der Waals surface area (Å²) in [4.78, 5) is 4.12. The van der Waals surface area contributed by atoms with Gasteiger partial charge in [-0.2, -0.15) is 0 Å². The van der Waals surface area contributed by atoms with Gasteiger partial charge in [0.15, 0.2) is 0 Å². The van der Waals surface area contributed by atoms with Crippen LogP contribution < -0.4 is 5.32 Å². The van der Waals surface area contributed by atoms with Gasteiger partial charge in [-0.05, 0) is 5.84 Å². The second-order valence-corrected chi connectivity index (χ2v) is 1.82. The third kappa shape index (κ3) is 1.55. The molecule has 0 spiro atoms. The Hall–Kier alpha value is -1.92. The van der Waals surface area contributed by atoms with Crippen LogP contribution in [0.1, 0.15) is 13.8 Å². The van der Waals surface area contributed by atoms with E-state index in [-0.39, 0.29) is 0 Å². The maximum atomic E-state index is 4.12. The van der Waals surface area contributed by atoms with E-state index in [2.05, 4.69) is 10.3 Å². The molecule has 0 saturated heterocycles. The van der Waals surface area contributed by atoms with E-state index >= 15 is 0 Å². The normalized spacial score (nSPS) is 15.8. The zero-order valence-corrected chi connectivity index (χ0v) is 7.51. The minimum Gasteiger partial charge on any atom is -0.455 e. The molecule has 0 amide bonds. The molecule has 1 radical (unpaired) electrons. The summed E-state index contributed by atoms with van der Waals surface area (Å²) in [5, 5.41) is 2.96. The van der Waals surface area contributed by atoms with Crippen LogP contribution in [0, 0.1) is 6.04 Å². The largest absolute Gasteiger partial charge is 0.455 e. The molecule has 1 aliphatic heterocycles.